The summed E-state index contributed by atoms with van der Waals surface area (Å²) in [6, 6.07) is 32.6. The summed E-state index contributed by atoms with van der Waals surface area (Å²) < 4.78 is 0.774. The van der Waals surface area contributed by atoms with E-state index in [1.807, 2.05) is 0 Å². The molecular weight excluding hydrogens is 314 g/mol. The maximum atomic E-state index is 2.26. The Balaban J connectivity index is 0.00000208. The monoisotopic (exact) mass is 337 g/mol. The van der Waals surface area contributed by atoms with Gasteiger partial charge in [0.05, 0.1) is 6.54 Å². The van der Waals surface area contributed by atoms with Crippen LogP contribution in [0.4, 0.5) is 17.1 Å². The number of para-hydroxylation sites is 3. The van der Waals surface area contributed by atoms with Crippen molar-refractivity contribution < 1.29 is 12.4 Å². The van der Waals surface area contributed by atoms with Crippen LogP contribution in [0.5, 0.6) is 0 Å². The first-order chi connectivity index (χ1) is 11.4. The van der Waals surface area contributed by atoms with Gasteiger partial charge in [-0.1, -0.05) is 67.9 Å². The Morgan fingerprint density at radius 2 is 0.917 bits per heavy atom. The van der Waals surface area contributed by atoms with Crippen LogP contribution in [0.3, 0.4) is 0 Å². The maximum absolute atomic E-state index is 2.26. The van der Waals surface area contributed by atoms with Gasteiger partial charge in [0.15, 0.2) is 0 Å². The first-order valence-corrected chi connectivity index (χ1v) is 8.43. The van der Waals surface area contributed by atoms with Crippen molar-refractivity contribution in [1.29, 1.82) is 0 Å². The van der Waals surface area contributed by atoms with Crippen molar-refractivity contribution in [3.8, 4) is 0 Å². The average Bonchev–Trinajstić information content (AvgIpc) is 2.65. The molecule has 0 radical (unpaired) electrons. The van der Waals surface area contributed by atoms with Crippen molar-refractivity contribution in [3.05, 3.63) is 91.0 Å². The van der Waals surface area contributed by atoms with Gasteiger partial charge in [-0.05, 0) is 42.8 Å². The van der Waals surface area contributed by atoms with Crippen LogP contribution in [0.2, 0.25) is 0 Å². The minimum absolute atomic E-state index is 0. The summed E-state index contributed by atoms with van der Waals surface area (Å²) in [5, 5.41) is 0. The molecule has 0 saturated heterocycles. The second-order valence-corrected chi connectivity index (χ2v) is 5.89. The average molecular weight is 338 g/mol. The molecule has 3 aromatic carbocycles. The zero-order valence-electron chi connectivity index (χ0n) is 14.1. The lowest BCUT2D eigenvalue weighted by molar-refractivity contribution is -0.00000459. The Morgan fingerprint density at radius 1 is 0.583 bits per heavy atom. The molecule has 0 aliphatic rings. The third-order valence-electron chi connectivity index (χ3n) is 4.44. The first-order valence-electron chi connectivity index (χ1n) is 8.43. The maximum Gasteiger partial charge on any atom is 0.143 e. The van der Waals surface area contributed by atoms with Crippen molar-refractivity contribution in [2.24, 2.45) is 0 Å². The van der Waals surface area contributed by atoms with Gasteiger partial charge in [0.25, 0.3) is 0 Å². The highest BCUT2D eigenvalue weighted by molar-refractivity contribution is 5.70. The molecule has 2 heteroatoms. The Labute approximate surface area is 151 Å². The van der Waals surface area contributed by atoms with Crippen molar-refractivity contribution in [3.63, 3.8) is 0 Å². The van der Waals surface area contributed by atoms with Gasteiger partial charge < -0.3 is 12.4 Å². The molecule has 0 saturated carbocycles. The standard InChI is InChI=1S/C22H24N.ClH/c1-2-3-19-23(20-13-7-4-8-14-20,21-15-9-5-10-16-21)22-17-11-6-12-18-22;/h4-18H,2-3,19H2,1H3;1H/q+1;/p-1. The SMILES string of the molecule is CCCC[N+](c1ccccc1)(c1ccccc1)c1ccccc1.[Cl-]. The molecule has 0 amide bonds. The van der Waals surface area contributed by atoms with Gasteiger partial charge >= 0.3 is 0 Å². The molecule has 0 aromatic heterocycles. The lowest BCUT2D eigenvalue weighted by Gasteiger charge is -2.37. The lowest BCUT2D eigenvalue weighted by Crippen LogP contribution is -3.00. The number of nitrogens with zero attached hydrogens (tertiary/aromatic N) is 1. The minimum atomic E-state index is 0. The summed E-state index contributed by atoms with van der Waals surface area (Å²) in [6.45, 7) is 3.32. The fraction of sp³-hybridized carbons (Fsp3) is 0.182. The van der Waals surface area contributed by atoms with Gasteiger partial charge in [-0.2, -0.15) is 0 Å². The van der Waals surface area contributed by atoms with Crippen LogP contribution in [0, 0.1) is 0 Å². The van der Waals surface area contributed by atoms with E-state index in [0.717, 1.165) is 11.0 Å². The number of halogens is 1. The molecule has 0 N–H and O–H groups in total. The third kappa shape index (κ3) is 3.53. The zero-order valence-corrected chi connectivity index (χ0v) is 14.9. The zero-order chi connectivity index (χ0) is 16.0. The highest BCUT2D eigenvalue weighted by Crippen LogP contribution is 2.43. The molecule has 24 heavy (non-hydrogen) atoms. The summed E-state index contributed by atoms with van der Waals surface area (Å²) in [5.41, 5.74) is 3.95. The van der Waals surface area contributed by atoms with E-state index >= 15 is 0 Å². The number of hydrogen-bond donors (Lipinski definition) is 0. The molecule has 0 bridgehead atoms. The van der Waals surface area contributed by atoms with E-state index in [-0.39, 0.29) is 12.4 Å². The van der Waals surface area contributed by atoms with E-state index in [1.165, 1.54) is 29.9 Å². The van der Waals surface area contributed by atoms with Crippen LogP contribution in [-0.2, 0) is 0 Å². The molecule has 0 unspecified atom stereocenters. The second-order valence-electron chi connectivity index (χ2n) is 5.89. The summed E-state index contributed by atoms with van der Waals surface area (Å²) in [4.78, 5) is 0. The predicted octanol–water partition coefficient (Wildman–Crippen LogP) is 3.46. The Kier molecular flexibility index (Phi) is 6.60. The van der Waals surface area contributed by atoms with Crippen molar-refractivity contribution in [1.82, 2.24) is 4.48 Å². The Morgan fingerprint density at radius 3 is 1.21 bits per heavy atom. The van der Waals surface area contributed by atoms with Crippen molar-refractivity contribution >= 4 is 17.1 Å². The van der Waals surface area contributed by atoms with Crippen LogP contribution in [-0.4, -0.2) is 6.54 Å². The number of quaternary nitrogens is 1. The molecular formula is C22H24ClN. The Bertz CT molecular complexity index is 614. The van der Waals surface area contributed by atoms with Gasteiger partial charge in [-0.25, -0.2) is 4.48 Å². The molecule has 0 atom stereocenters. The van der Waals surface area contributed by atoms with Crippen molar-refractivity contribution in [2.75, 3.05) is 6.54 Å². The molecule has 124 valence electrons. The smallest absolute Gasteiger partial charge is 0.143 e. The van der Waals surface area contributed by atoms with Gasteiger partial charge in [0, 0.05) is 0 Å². The minimum Gasteiger partial charge on any atom is -1.00 e. The van der Waals surface area contributed by atoms with Gasteiger partial charge in [0.2, 0.25) is 0 Å². The van der Waals surface area contributed by atoms with E-state index < -0.39 is 0 Å². The fourth-order valence-electron chi connectivity index (χ4n) is 3.28. The Hall–Kier alpha value is -2.09. The topological polar surface area (TPSA) is 0 Å². The van der Waals surface area contributed by atoms with Crippen molar-refractivity contribution in [2.45, 2.75) is 19.8 Å². The van der Waals surface area contributed by atoms with Crippen LogP contribution < -0.4 is 16.9 Å². The highest BCUT2D eigenvalue weighted by atomic mass is 35.5. The summed E-state index contributed by atoms with van der Waals surface area (Å²) >= 11 is 0. The first kappa shape index (κ1) is 18.3. The number of hydrogen-bond acceptors (Lipinski definition) is 0. The van der Waals surface area contributed by atoms with E-state index in [2.05, 4.69) is 97.9 Å². The van der Waals surface area contributed by atoms with Gasteiger partial charge in [-0.3, -0.25) is 0 Å². The molecule has 0 spiro atoms. The predicted molar refractivity (Wildman–Crippen MR) is 100 cm³/mol. The molecule has 0 aliphatic heterocycles. The number of rotatable bonds is 6. The van der Waals surface area contributed by atoms with E-state index in [0.29, 0.717) is 0 Å². The second kappa shape index (κ2) is 8.68. The third-order valence-corrected chi connectivity index (χ3v) is 4.44. The molecule has 3 rings (SSSR count). The molecule has 3 aromatic rings. The van der Waals surface area contributed by atoms with E-state index in [4.69, 9.17) is 0 Å². The quantitative estimate of drug-likeness (QED) is 0.604. The summed E-state index contributed by atoms with van der Waals surface area (Å²) in [6.07, 6.45) is 2.37. The number of benzene rings is 3. The lowest BCUT2D eigenvalue weighted by atomic mass is 10.1. The van der Waals surface area contributed by atoms with E-state index in [9.17, 15) is 0 Å². The molecule has 0 fully saturated rings. The molecule has 0 heterocycles. The number of unbranched alkanes of at least 4 members (excludes halogenated alkanes) is 1. The largest absolute Gasteiger partial charge is 1.00 e. The summed E-state index contributed by atoms with van der Waals surface area (Å²) in [7, 11) is 0. The highest BCUT2D eigenvalue weighted by Gasteiger charge is 2.35. The fourth-order valence-corrected chi connectivity index (χ4v) is 3.28. The van der Waals surface area contributed by atoms with E-state index in [1.54, 1.807) is 0 Å². The van der Waals surface area contributed by atoms with Crippen LogP contribution in [0.25, 0.3) is 0 Å². The summed E-state index contributed by atoms with van der Waals surface area (Å²) in [5.74, 6) is 0. The molecule has 0 aliphatic carbocycles. The van der Waals surface area contributed by atoms with Gasteiger partial charge in [-0.15, -0.1) is 0 Å². The normalized spacial score (nSPS) is 10.9. The molecule has 1 nitrogen and oxygen atoms in total. The van der Waals surface area contributed by atoms with Crippen LogP contribution >= 0.6 is 0 Å². The van der Waals surface area contributed by atoms with Crippen LogP contribution in [0.15, 0.2) is 91.0 Å². The van der Waals surface area contributed by atoms with Crippen LogP contribution in [0.1, 0.15) is 19.8 Å². The van der Waals surface area contributed by atoms with Gasteiger partial charge in [0.1, 0.15) is 17.1 Å².